The highest BCUT2D eigenvalue weighted by Gasteiger charge is 2.14. The summed E-state index contributed by atoms with van der Waals surface area (Å²) in [6, 6.07) is 10.8. The Kier molecular flexibility index (Phi) is 5.96. The molecule has 0 aliphatic carbocycles. The third-order valence-electron chi connectivity index (χ3n) is 3.62. The van der Waals surface area contributed by atoms with E-state index in [9.17, 15) is 4.79 Å². The Morgan fingerprint density at radius 3 is 2.92 bits per heavy atom. The minimum absolute atomic E-state index is 0.151. The maximum atomic E-state index is 12.4. The second-order valence-electron chi connectivity index (χ2n) is 5.38. The summed E-state index contributed by atoms with van der Waals surface area (Å²) in [6.07, 6.45) is 4.70. The number of para-hydroxylation sites is 1. The molecule has 0 bridgehead atoms. The summed E-state index contributed by atoms with van der Waals surface area (Å²) in [5.41, 5.74) is 0.512. The first-order valence-electron chi connectivity index (χ1n) is 7.98. The first-order chi connectivity index (χ1) is 12.6. The van der Waals surface area contributed by atoms with Gasteiger partial charge in [0, 0.05) is 6.54 Å². The Morgan fingerprint density at radius 1 is 1.35 bits per heavy atom. The van der Waals surface area contributed by atoms with Crippen molar-refractivity contribution in [3.63, 3.8) is 0 Å². The van der Waals surface area contributed by atoms with Crippen molar-refractivity contribution in [3.05, 3.63) is 75.4 Å². The van der Waals surface area contributed by atoms with Gasteiger partial charge >= 0.3 is 0 Å². The van der Waals surface area contributed by atoms with Gasteiger partial charge in [-0.2, -0.15) is 5.10 Å². The number of ketones is 1. The van der Waals surface area contributed by atoms with E-state index in [4.69, 9.17) is 20.8 Å². The molecule has 1 aromatic carbocycles. The van der Waals surface area contributed by atoms with Crippen molar-refractivity contribution in [1.29, 1.82) is 0 Å². The molecule has 0 spiro atoms. The fourth-order valence-corrected chi connectivity index (χ4v) is 3.04. The molecule has 5 nitrogen and oxygen atoms in total. The van der Waals surface area contributed by atoms with Crippen molar-refractivity contribution in [3.8, 4) is 5.75 Å². The van der Waals surface area contributed by atoms with E-state index < -0.39 is 0 Å². The van der Waals surface area contributed by atoms with Gasteiger partial charge in [-0.1, -0.05) is 23.7 Å². The summed E-state index contributed by atoms with van der Waals surface area (Å²) < 4.78 is 13.6. The van der Waals surface area contributed by atoms with Crippen LogP contribution in [-0.2, 0) is 13.2 Å². The molecule has 2 heterocycles. The zero-order valence-corrected chi connectivity index (χ0v) is 16.3. The number of benzene rings is 1. The summed E-state index contributed by atoms with van der Waals surface area (Å²) in [7, 11) is 0. The number of nitrogens with zero attached hydrogens (tertiary/aromatic N) is 2. The van der Waals surface area contributed by atoms with Gasteiger partial charge < -0.3 is 9.15 Å². The minimum atomic E-state index is -0.151. The molecule has 134 valence electrons. The highest BCUT2D eigenvalue weighted by atomic mass is 79.9. The number of aromatic nitrogens is 2. The van der Waals surface area contributed by atoms with Gasteiger partial charge in [0.15, 0.2) is 0 Å². The van der Waals surface area contributed by atoms with Crippen molar-refractivity contribution in [2.24, 2.45) is 0 Å². The highest BCUT2D eigenvalue weighted by molar-refractivity contribution is 9.10. The zero-order chi connectivity index (χ0) is 18.5. The minimum Gasteiger partial charge on any atom is -0.484 e. The maximum absolute atomic E-state index is 12.4. The maximum Gasteiger partial charge on any atom is 0.205 e. The molecule has 0 amide bonds. The Bertz CT molecular complexity index is 946. The Morgan fingerprint density at radius 2 is 2.15 bits per heavy atom. The van der Waals surface area contributed by atoms with Gasteiger partial charge in [0.05, 0.1) is 15.7 Å². The predicted octanol–water partition coefficient (Wildman–Crippen LogP) is 5.39. The van der Waals surface area contributed by atoms with E-state index in [1.807, 2.05) is 19.1 Å². The Balaban J connectivity index is 1.64. The SMILES string of the molecule is CCn1ncc(Br)c1C(=O)/C=C/c1ccc(COc2ccccc2Cl)o1. The monoisotopic (exact) mass is 434 g/mol. The smallest absolute Gasteiger partial charge is 0.205 e. The van der Waals surface area contributed by atoms with Crippen LogP contribution in [0.4, 0.5) is 0 Å². The molecule has 2 aromatic heterocycles. The summed E-state index contributed by atoms with van der Waals surface area (Å²) >= 11 is 9.40. The van der Waals surface area contributed by atoms with Crippen LogP contribution in [0.1, 0.15) is 28.9 Å². The van der Waals surface area contributed by atoms with Gasteiger partial charge in [0.25, 0.3) is 0 Å². The van der Waals surface area contributed by atoms with Crippen LogP contribution in [0.3, 0.4) is 0 Å². The van der Waals surface area contributed by atoms with Gasteiger partial charge in [-0.05, 0) is 59.3 Å². The number of rotatable bonds is 7. The van der Waals surface area contributed by atoms with E-state index in [0.717, 1.165) is 0 Å². The molecule has 3 rings (SSSR count). The molecule has 26 heavy (non-hydrogen) atoms. The summed E-state index contributed by atoms with van der Waals surface area (Å²) in [5, 5.41) is 4.68. The molecule has 0 saturated heterocycles. The number of hydrogen-bond donors (Lipinski definition) is 0. The first kappa shape index (κ1) is 18.5. The second-order valence-corrected chi connectivity index (χ2v) is 6.64. The summed E-state index contributed by atoms with van der Waals surface area (Å²) in [4.78, 5) is 12.4. The fourth-order valence-electron chi connectivity index (χ4n) is 2.36. The lowest BCUT2D eigenvalue weighted by Gasteiger charge is -2.05. The number of allylic oxidation sites excluding steroid dienone is 1. The van der Waals surface area contributed by atoms with Crippen molar-refractivity contribution in [2.45, 2.75) is 20.1 Å². The molecule has 0 saturated carbocycles. The number of carbonyl (C=O) groups is 1. The lowest BCUT2D eigenvalue weighted by Crippen LogP contribution is -2.07. The number of halogens is 2. The summed E-state index contributed by atoms with van der Waals surface area (Å²) in [6.45, 7) is 2.79. The van der Waals surface area contributed by atoms with Gasteiger partial charge in [-0.3, -0.25) is 9.48 Å². The largest absolute Gasteiger partial charge is 0.484 e. The van der Waals surface area contributed by atoms with Crippen molar-refractivity contribution in [1.82, 2.24) is 9.78 Å². The molecule has 0 N–H and O–H groups in total. The molecule has 3 aromatic rings. The van der Waals surface area contributed by atoms with Crippen LogP contribution in [0, 0.1) is 0 Å². The zero-order valence-electron chi connectivity index (χ0n) is 14.0. The number of aryl methyl sites for hydroxylation is 1. The van der Waals surface area contributed by atoms with E-state index >= 15 is 0 Å². The van der Waals surface area contributed by atoms with Crippen LogP contribution in [0.2, 0.25) is 5.02 Å². The third kappa shape index (κ3) is 4.26. The van der Waals surface area contributed by atoms with E-state index in [1.165, 1.54) is 6.08 Å². The van der Waals surface area contributed by atoms with Gasteiger partial charge in [-0.25, -0.2) is 0 Å². The highest BCUT2D eigenvalue weighted by Crippen LogP contribution is 2.24. The van der Waals surface area contributed by atoms with E-state index in [0.29, 0.717) is 39.0 Å². The van der Waals surface area contributed by atoms with E-state index in [2.05, 4.69) is 21.0 Å². The first-order valence-corrected chi connectivity index (χ1v) is 9.15. The summed E-state index contributed by atoms with van der Waals surface area (Å²) in [5.74, 6) is 1.64. The van der Waals surface area contributed by atoms with Gasteiger partial charge in [-0.15, -0.1) is 0 Å². The van der Waals surface area contributed by atoms with Gasteiger partial charge in [0.2, 0.25) is 5.78 Å². The van der Waals surface area contributed by atoms with Crippen LogP contribution in [0.5, 0.6) is 5.75 Å². The van der Waals surface area contributed by atoms with Crippen molar-refractivity contribution < 1.29 is 13.9 Å². The lowest BCUT2D eigenvalue weighted by molar-refractivity contribution is 0.103. The standard InChI is InChI=1S/C19H16BrClN2O3/c1-2-23-19(15(20)11-22-23)17(24)10-9-13-7-8-14(26-13)12-25-18-6-4-3-5-16(18)21/h3-11H,2,12H2,1H3/b10-9+. The molecular formula is C19H16BrClN2O3. The molecule has 0 aliphatic rings. The molecule has 0 fully saturated rings. The third-order valence-corrected chi connectivity index (χ3v) is 4.51. The Labute approximate surface area is 164 Å². The normalized spacial score (nSPS) is 11.2. The predicted molar refractivity (Wildman–Crippen MR) is 103 cm³/mol. The second kappa shape index (κ2) is 8.38. The molecule has 7 heteroatoms. The van der Waals surface area contributed by atoms with Crippen molar-refractivity contribution in [2.75, 3.05) is 0 Å². The van der Waals surface area contributed by atoms with E-state index in [-0.39, 0.29) is 12.4 Å². The average Bonchev–Trinajstić information content (AvgIpc) is 3.25. The van der Waals surface area contributed by atoms with Crippen LogP contribution in [0.25, 0.3) is 6.08 Å². The Hall–Kier alpha value is -2.31. The number of hydrogen-bond acceptors (Lipinski definition) is 4. The number of carbonyl (C=O) groups excluding carboxylic acids is 1. The fraction of sp³-hybridized carbons (Fsp3) is 0.158. The van der Waals surface area contributed by atoms with E-state index in [1.54, 1.807) is 41.2 Å². The molecule has 0 atom stereocenters. The van der Waals surface area contributed by atoms with Crippen molar-refractivity contribution >= 4 is 39.4 Å². The molecule has 0 radical (unpaired) electrons. The van der Waals surface area contributed by atoms with Crippen LogP contribution < -0.4 is 4.74 Å². The molecule has 0 unspecified atom stereocenters. The molecular weight excluding hydrogens is 420 g/mol. The molecule has 0 aliphatic heterocycles. The van der Waals surface area contributed by atoms with Crippen LogP contribution in [-0.4, -0.2) is 15.6 Å². The quantitative estimate of drug-likeness (QED) is 0.369. The van der Waals surface area contributed by atoms with Crippen LogP contribution in [0.15, 0.2) is 57.6 Å². The number of furan rings is 1. The average molecular weight is 436 g/mol. The lowest BCUT2D eigenvalue weighted by atomic mass is 10.2. The number of ether oxygens (including phenoxy) is 1. The van der Waals surface area contributed by atoms with Gasteiger partial charge in [0.1, 0.15) is 29.6 Å². The van der Waals surface area contributed by atoms with Crippen LogP contribution >= 0.6 is 27.5 Å². The topological polar surface area (TPSA) is 57.3 Å².